The largest absolute Gasteiger partial charge is 0.491 e. The van der Waals surface area contributed by atoms with Crippen LogP contribution in [-0.2, 0) is 25.4 Å². The van der Waals surface area contributed by atoms with Crippen molar-refractivity contribution in [3.05, 3.63) is 42.0 Å². The highest BCUT2D eigenvalue weighted by atomic mass is 16.6. The Morgan fingerprint density at radius 2 is 1.36 bits per heavy atom. The second-order valence-electron chi connectivity index (χ2n) is 9.11. The molecule has 0 bridgehead atoms. The number of hydrogen-bond acceptors (Lipinski definition) is 5. The van der Waals surface area contributed by atoms with Gasteiger partial charge in [-0.1, -0.05) is 64.2 Å². The zero-order chi connectivity index (χ0) is 24.5. The van der Waals surface area contributed by atoms with Crippen LogP contribution in [-0.4, -0.2) is 44.1 Å². The summed E-state index contributed by atoms with van der Waals surface area (Å²) >= 11 is 0. The van der Waals surface area contributed by atoms with Gasteiger partial charge in [0.25, 0.3) is 0 Å². The van der Waals surface area contributed by atoms with Crippen LogP contribution in [0.4, 0.5) is 0 Å². The molecule has 0 heterocycles. The highest BCUT2D eigenvalue weighted by Gasteiger charge is 2.13. The summed E-state index contributed by atoms with van der Waals surface area (Å²) in [7, 11) is 0. The lowest BCUT2D eigenvalue weighted by molar-refractivity contribution is -0.148. The lowest BCUT2D eigenvalue weighted by Crippen LogP contribution is -2.28. The molecule has 0 saturated carbocycles. The quantitative estimate of drug-likeness (QED) is 0.130. The number of benzene rings is 1. The molecule has 0 radical (unpaired) electrons. The van der Waals surface area contributed by atoms with Crippen LogP contribution in [0.1, 0.15) is 85.1 Å². The van der Waals surface area contributed by atoms with Crippen molar-refractivity contribution in [2.75, 3.05) is 19.8 Å². The molecule has 1 aromatic carbocycles. The van der Waals surface area contributed by atoms with E-state index in [0.29, 0.717) is 25.4 Å². The first-order valence-electron chi connectivity index (χ1n) is 12.6. The molecule has 0 aliphatic rings. The summed E-state index contributed by atoms with van der Waals surface area (Å²) in [5.41, 5.74) is 1.75. The Morgan fingerprint density at radius 3 is 1.97 bits per heavy atom. The van der Waals surface area contributed by atoms with Gasteiger partial charge in [-0.2, -0.15) is 0 Å². The molecule has 3 unspecified atom stereocenters. The Kier molecular flexibility index (Phi) is 15.6. The molecule has 1 aromatic rings. The maximum atomic E-state index is 11.5. The monoisotopic (exact) mass is 462 g/mol. The van der Waals surface area contributed by atoms with Crippen LogP contribution in [0.5, 0.6) is 5.75 Å². The predicted octanol–water partition coefficient (Wildman–Crippen LogP) is 6.68. The fourth-order valence-corrected chi connectivity index (χ4v) is 3.27. The van der Waals surface area contributed by atoms with Gasteiger partial charge in [0.2, 0.25) is 0 Å². The zero-order valence-corrected chi connectivity index (χ0v) is 21.6. The first kappa shape index (κ1) is 29.2. The van der Waals surface area contributed by atoms with Crippen molar-refractivity contribution in [1.29, 1.82) is 0 Å². The Bertz CT molecular complexity index is 655. The van der Waals surface area contributed by atoms with Gasteiger partial charge in [-0.15, -0.1) is 0 Å². The third-order valence-corrected chi connectivity index (χ3v) is 5.36. The zero-order valence-electron chi connectivity index (χ0n) is 21.6. The third kappa shape index (κ3) is 14.8. The predicted molar refractivity (Wildman–Crippen MR) is 135 cm³/mol. The summed E-state index contributed by atoms with van der Waals surface area (Å²) in [4.78, 5) is 11.5. The normalized spacial score (nSPS) is 13.8. The summed E-state index contributed by atoms with van der Waals surface area (Å²) in [5.74, 6) is 0.470. The van der Waals surface area contributed by atoms with Crippen molar-refractivity contribution in [3.63, 3.8) is 0 Å². The standard InChI is InChI=1S/C28H46O5/c1-7-8-9-10-11-12-13-14-26-15-17-27(18-16-26)32-20-24(5)30-19-23(4)31-21-25(6)33-28(29)22(2)3/h15-18,23-25H,2,7-14,19-21H2,1,3-6H3. The molecule has 0 amide bonds. The highest BCUT2D eigenvalue weighted by molar-refractivity contribution is 5.87. The molecule has 0 N–H and O–H groups in total. The van der Waals surface area contributed by atoms with E-state index in [1.165, 1.54) is 50.5 Å². The number of carbonyl (C=O) groups is 1. The Balaban J connectivity index is 2.15. The van der Waals surface area contributed by atoms with Crippen LogP contribution in [0.2, 0.25) is 0 Å². The second kappa shape index (κ2) is 17.6. The summed E-state index contributed by atoms with van der Waals surface area (Å²) in [6.45, 7) is 14.4. The molecule has 0 aliphatic carbocycles. The Hall–Kier alpha value is -1.85. The van der Waals surface area contributed by atoms with Crippen molar-refractivity contribution in [1.82, 2.24) is 0 Å². The van der Waals surface area contributed by atoms with E-state index in [2.05, 4.69) is 25.6 Å². The van der Waals surface area contributed by atoms with Gasteiger partial charge in [0, 0.05) is 5.57 Å². The molecule has 3 atom stereocenters. The third-order valence-electron chi connectivity index (χ3n) is 5.36. The molecular weight excluding hydrogens is 416 g/mol. The topological polar surface area (TPSA) is 54.0 Å². The maximum Gasteiger partial charge on any atom is 0.333 e. The molecule has 0 aromatic heterocycles. The number of rotatable bonds is 19. The first-order valence-corrected chi connectivity index (χ1v) is 12.6. The lowest BCUT2D eigenvalue weighted by Gasteiger charge is -2.20. The summed E-state index contributed by atoms with van der Waals surface area (Å²) < 4.78 is 22.6. The second-order valence-corrected chi connectivity index (χ2v) is 9.11. The summed E-state index contributed by atoms with van der Waals surface area (Å²) in [6, 6.07) is 8.41. The molecule has 0 saturated heterocycles. The molecule has 0 spiro atoms. The maximum absolute atomic E-state index is 11.5. The summed E-state index contributed by atoms with van der Waals surface area (Å²) in [6.07, 6.45) is 10.00. The molecule has 0 aliphatic heterocycles. The lowest BCUT2D eigenvalue weighted by atomic mass is 10.0. The number of carbonyl (C=O) groups excluding carboxylic acids is 1. The molecule has 1 rings (SSSR count). The van der Waals surface area contributed by atoms with Gasteiger partial charge in [-0.3, -0.25) is 0 Å². The van der Waals surface area contributed by atoms with Crippen LogP contribution in [0, 0.1) is 0 Å². The molecule has 33 heavy (non-hydrogen) atoms. The van der Waals surface area contributed by atoms with Crippen molar-refractivity contribution >= 4 is 5.97 Å². The minimum Gasteiger partial charge on any atom is -0.491 e. The highest BCUT2D eigenvalue weighted by Crippen LogP contribution is 2.16. The van der Waals surface area contributed by atoms with E-state index in [4.69, 9.17) is 18.9 Å². The van der Waals surface area contributed by atoms with Gasteiger partial charge in [0.1, 0.15) is 18.5 Å². The number of unbranched alkanes of at least 4 members (excludes halogenated alkanes) is 6. The van der Waals surface area contributed by atoms with Gasteiger partial charge < -0.3 is 18.9 Å². The molecule has 0 fully saturated rings. The van der Waals surface area contributed by atoms with Crippen LogP contribution < -0.4 is 4.74 Å². The smallest absolute Gasteiger partial charge is 0.333 e. The van der Waals surface area contributed by atoms with Crippen LogP contribution in [0.15, 0.2) is 36.4 Å². The van der Waals surface area contributed by atoms with Gasteiger partial charge in [0.15, 0.2) is 0 Å². The van der Waals surface area contributed by atoms with Crippen LogP contribution >= 0.6 is 0 Å². The van der Waals surface area contributed by atoms with E-state index >= 15 is 0 Å². The average Bonchev–Trinajstić information content (AvgIpc) is 2.80. The Labute approximate surface area is 201 Å². The number of aryl methyl sites for hydroxylation is 1. The summed E-state index contributed by atoms with van der Waals surface area (Å²) in [5, 5.41) is 0. The number of ether oxygens (including phenoxy) is 4. The number of hydrogen-bond donors (Lipinski definition) is 0. The Morgan fingerprint density at radius 1 is 0.818 bits per heavy atom. The average molecular weight is 463 g/mol. The van der Waals surface area contributed by atoms with Crippen molar-refractivity contribution in [2.45, 2.75) is 104 Å². The minimum atomic E-state index is -0.397. The first-order chi connectivity index (χ1) is 15.8. The molecule has 5 heteroatoms. The minimum absolute atomic E-state index is 0.0536. The molecular formula is C28H46O5. The van der Waals surface area contributed by atoms with Gasteiger partial charge >= 0.3 is 5.97 Å². The van der Waals surface area contributed by atoms with E-state index in [0.717, 1.165) is 12.2 Å². The molecule has 188 valence electrons. The van der Waals surface area contributed by atoms with Gasteiger partial charge in [-0.05, 0) is 58.2 Å². The van der Waals surface area contributed by atoms with E-state index in [1.54, 1.807) is 13.8 Å². The van der Waals surface area contributed by atoms with E-state index in [1.807, 2.05) is 26.0 Å². The fraction of sp³-hybridized carbons (Fsp3) is 0.679. The van der Waals surface area contributed by atoms with Gasteiger partial charge in [-0.25, -0.2) is 4.79 Å². The van der Waals surface area contributed by atoms with E-state index in [-0.39, 0.29) is 18.3 Å². The van der Waals surface area contributed by atoms with E-state index in [9.17, 15) is 4.79 Å². The van der Waals surface area contributed by atoms with Crippen molar-refractivity contribution in [2.24, 2.45) is 0 Å². The number of esters is 1. The van der Waals surface area contributed by atoms with Crippen LogP contribution in [0.3, 0.4) is 0 Å². The van der Waals surface area contributed by atoms with Crippen molar-refractivity contribution < 1.29 is 23.7 Å². The van der Waals surface area contributed by atoms with Crippen molar-refractivity contribution in [3.8, 4) is 5.75 Å². The molecule has 5 nitrogen and oxygen atoms in total. The SMILES string of the molecule is C=C(C)C(=O)OC(C)COC(C)COC(C)COc1ccc(CCCCCCCCC)cc1. The van der Waals surface area contributed by atoms with E-state index < -0.39 is 5.97 Å². The van der Waals surface area contributed by atoms with Gasteiger partial charge in [0.05, 0.1) is 25.4 Å². The fourth-order valence-electron chi connectivity index (χ4n) is 3.27. The van der Waals surface area contributed by atoms with Crippen LogP contribution in [0.25, 0.3) is 0 Å².